The molecule has 1 N–H and O–H groups in total. The average molecular weight is 250 g/mol. The highest BCUT2D eigenvalue weighted by molar-refractivity contribution is 5.86. The molecule has 100 valence electrons. The van der Waals surface area contributed by atoms with E-state index in [-0.39, 0.29) is 16.9 Å². The molecule has 3 fully saturated rings. The summed E-state index contributed by atoms with van der Waals surface area (Å²) >= 11 is 0. The summed E-state index contributed by atoms with van der Waals surface area (Å²) in [6.07, 6.45) is 5.68. The molecular formula is C15H22O3. The zero-order valence-electron chi connectivity index (χ0n) is 11.2. The molecule has 1 heterocycles. The van der Waals surface area contributed by atoms with Gasteiger partial charge in [-0.1, -0.05) is 20.4 Å². The van der Waals surface area contributed by atoms with Crippen LogP contribution in [-0.2, 0) is 9.53 Å². The predicted molar refractivity (Wildman–Crippen MR) is 68.2 cm³/mol. The van der Waals surface area contributed by atoms with E-state index in [1.165, 1.54) is 12.8 Å². The Morgan fingerprint density at radius 2 is 2.11 bits per heavy atom. The van der Waals surface area contributed by atoms with Crippen LogP contribution in [0, 0.1) is 17.3 Å². The summed E-state index contributed by atoms with van der Waals surface area (Å²) in [5.41, 5.74) is 0.595. The number of ether oxygens (including phenoxy) is 1. The molecule has 0 aromatic heterocycles. The summed E-state index contributed by atoms with van der Waals surface area (Å²) in [5.74, 6) is -0.0968. The van der Waals surface area contributed by atoms with Gasteiger partial charge in [-0.25, -0.2) is 4.79 Å². The SMILES string of the molecule is C=C(C(=O)O)[C@@H]1CC[C@@]23O[C@@H]2CC[C@H](C)[C@@]3(C)C1. The van der Waals surface area contributed by atoms with Crippen molar-refractivity contribution >= 4 is 5.97 Å². The van der Waals surface area contributed by atoms with E-state index in [9.17, 15) is 4.79 Å². The standard InChI is InChI=1S/C15H22O3/c1-9-4-5-12-15(18-12)7-6-11(8-14(9,15)3)10(2)13(16)17/h9,11-12H,2,4-8H2,1,3H3,(H,16,17)/t9-,11+,12+,14+,15+/m0/s1. The minimum absolute atomic E-state index is 0.0694. The van der Waals surface area contributed by atoms with Crippen molar-refractivity contribution in [3.8, 4) is 0 Å². The van der Waals surface area contributed by atoms with Crippen LogP contribution in [0.1, 0.15) is 46.0 Å². The smallest absolute Gasteiger partial charge is 0.331 e. The molecule has 3 nitrogen and oxygen atoms in total. The molecule has 1 saturated heterocycles. The topological polar surface area (TPSA) is 49.8 Å². The van der Waals surface area contributed by atoms with Gasteiger partial charge in [0.15, 0.2) is 0 Å². The summed E-state index contributed by atoms with van der Waals surface area (Å²) in [6.45, 7) is 8.37. The lowest BCUT2D eigenvalue weighted by atomic mass is 9.53. The fraction of sp³-hybridized carbons (Fsp3) is 0.800. The summed E-state index contributed by atoms with van der Waals surface area (Å²) < 4.78 is 6.05. The molecule has 3 heteroatoms. The van der Waals surface area contributed by atoms with Gasteiger partial charge in [0.05, 0.1) is 6.10 Å². The number of aliphatic carboxylic acids is 1. The van der Waals surface area contributed by atoms with Gasteiger partial charge in [0.2, 0.25) is 0 Å². The molecule has 3 rings (SSSR count). The fourth-order valence-corrected chi connectivity index (χ4v) is 4.51. The number of rotatable bonds is 2. The van der Waals surface area contributed by atoms with Crippen molar-refractivity contribution in [3.05, 3.63) is 12.2 Å². The molecule has 0 aromatic carbocycles. The van der Waals surface area contributed by atoms with E-state index in [0.29, 0.717) is 17.6 Å². The monoisotopic (exact) mass is 250 g/mol. The van der Waals surface area contributed by atoms with Crippen molar-refractivity contribution in [2.75, 3.05) is 0 Å². The molecule has 3 aliphatic rings. The lowest BCUT2D eigenvalue weighted by Gasteiger charge is -2.49. The van der Waals surface area contributed by atoms with Crippen molar-refractivity contribution in [1.82, 2.24) is 0 Å². The highest BCUT2D eigenvalue weighted by atomic mass is 16.6. The van der Waals surface area contributed by atoms with Crippen LogP contribution in [0.15, 0.2) is 12.2 Å². The maximum Gasteiger partial charge on any atom is 0.331 e. The van der Waals surface area contributed by atoms with Gasteiger partial charge < -0.3 is 9.84 Å². The number of epoxide rings is 1. The zero-order valence-corrected chi connectivity index (χ0v) is 11.2. The van der Waals surface area contributed by atoms with Crippen LogP contribution in [0.5, 0.6) is 0 Å². The maximum atomic E-state index is 11.1. The molecule has 0 amide bonds. The summed E-state index contributed by atoms with van der Waals surface area (Å²) in [7, 11) is 0. The molecule has 1 aliphatic heterocycles. The van der Waals surface area contributed by atoms with Crippen LogP contribution in [-0.4, -0.2) is 22.8 Å². The molecule has 0 aromatic rings. The predicted octanol–water partition coefficient (Wildman–Crippen LogP) is 3.00. The molecule has 2 saturated carbocycles. The average Bonchev–Trinajstić information content (AvgIpc) is 3.04. The molecule has 18 heavy (non-hydrogen) atoms. The Bertz CT molecular complexity index is 416. The maximum absolute atomic E-state index is 11.1. The van der Waals surface area contributed by atoms with E-state index >= 15 is 0 Å². The minimum Gasteiger partial charge on any atom is -0.478 e. The van der Waals surface area contributed by atoms with Crippen molar-refractivity contribution in [2.45, 2.75) is 57.7 Å². The Kier molecular flexibility index (Phi) is 2.44. The van der Waals surface area contributed by atoms with Crippen LogP contribution in [0.4, 0.5) is 0 Å². The van der Waals surface area contributed by atoms with E-state index in [2.05, 4.69) is 20.4 Å². The van der Waals surface area contributed by atoms with Crippen LogP contribution in [0.25, 0.3) is 0 Å². The molecule has 2 aliphatic carbocycles. The van der Waals surface area contributed by atoms with Crippen LogP contribution in [0.2, 0.25) is 0 Å². The van der Waals surface area contributed by atoms with Crippen molar-refractivity contribution in [2.24, 2.45) is 17.3 Å². The third-order valence-electron chi connectivity index (χ3n) is 6.03. The summed E-state index contributed by atoms with van der Waals surface area (Å²) in [5, 5.41) is 9.12. The highest BCUT2D eigenvalue weighted by Crippen LogP contribution is 2.67. The largest absolute Gasteiger partial charge is 0.478 e. The quantitative estimate of drug-likeness (QED) is 0.605. The van der Waals surface area contributed by atoms with Crippen LogP contribution >= 0.6 is 0 Å². The lowest BCUT2D eigenvalue weighted by molar-refractivity contribution is -0.133. The van der Waals surface area contributed by atoms with Crippen molar-refractivity contribution in [1.29, 1.82) is 0 Å². The molecule has 5 atom stereocenters. The number of carboxylic acids is 1. The first-order valence-corrected chi connectivity index (χ1v) is 7.00. The van der Waals surface area contributed by atoms with Gasteiger partial charge in [0.25, 0.3) is 0 Å². The third-order valence-corrected chi connectivity index (χ3v) is 6.03. The summed E-state index contributed by atoms with van der Waals surface area (Å²) in [4.78, 5) is 11.1. The fourth-order valence-electron chi connectivity index (χ4n) is 4.51. The molecular weight excluding hydrogens is 228 g/mol. The first kappa shape index (κ1) is 12.2. The van der Waals surface area contributed by atoms with Gasteiger partial charge in [0.1, 0.15) is 5.60 Å². The van der Waals surface area contributed by atoms with E-state index in [1.54, 1.807) is 0 Å². The van der Waals surface area contributed by atoms with Crippen LogP contribution in [0.3, 0.4) is 0 Å². The Morgan fingerprint density at radius 3 is 2.78 bits per heavy atom. The Balaban J connectivity index is 1.85. The van der Waals surface area contributed by atoms with Gasteiger partial charge >= 0.3 is 5.97 Å². The van der Waals surface area contributed by atoms with Gasteiger partial charge in [0, 0.05) is 11.0 Å². The first-order chi connectivity index (χ1) is 8.41. The number of hydrogen-bond donors (Lipinski definition) is 1. The van der Waals surface area contributed by atoms with Gasteiger partial charge in [-0.05, 0) is 43.9 Å². The van der Waals surface area contributed by atoms with Gasteiger partial charge in [-0.15, -0.1) is 0 Å². The van der Waals surface area contributed by atoms with E-state index < -0.39 is 5.97 Å². The molecule has 1 spiro atoms. The number of carboxylic acid groups (broad SMARTS) is 1. The van der Waals surface area contributed by atoms with E-state index in [4.69, 9.17) is 9.84 Å². The number of carbonyl (C=O) groups is 1. The normalized spacial score (nSPS) is 50.0. The summed E-state index contributed by atoms with van der Waals surface area (Å²) in [6, 6.07) is 0. The second kappa shape index (κ2) is 3.60. The Hall–Kier alpha value is -0.830. The van der Waals surface area contributed by atoms with Gasteiger partial charge in [-0.3, -0.25) is 0 Å². The highest BCUT2D eigenvalue weighted by Gasteiger charge is 2.71. The molecule has 0 unspecified atom stereocenters. The Labute approximate surface area is 108 Å². The van der Waals surface area contributed by atoms with E-state index in [1.807, 2.05) is 0 Å². The molecule has 0 radical (unpaired) electrons. The van der Waals surface area contributed by atoms with Crippen molar-refractivity contribution < 1.29 is 14.6 Å². The Morgan fingerprint density at radius 1 is 1.39 bits per heavy atom. The first-order valence-electron chi connectivity index (χ1n) is 7.00. The van der Waals surface area contributed by atoms with Crippen LogP contribution < -0.4 is 0 Å². The van der Waals surface area contributed by atoms with E-state index in [0.717, 1.165) is 19.3 Å². The zero-order chi connectivity index (χ0) is 13.1. The second-order valence-corrected chi connectivity index (χ2v) is 6.66. The minimum atomic E-state index is -0.837. The molecule has 0 bridgehead atoms. The van der Waals surface area contributed by atoms with Gasteiger partial charge in [-0.2, -0.15) is 0 Å². The lowest BCUT2D eigenvalue weighted by Crippen LogP contribution is -2.50. The second-order valence-electron chi connectivity index (χ2n) is 6.66. The third kappa shape index (κ3) is 1.37. The number of hydrogen-bond acceptors (Lipinski definition) is 2. The van der Waals surface area contributed by atoms with Crippen molar-refractivity contribution in [3.63, 3.8) is 0 Å².